The number of amides is 2. The van der Waals surface area contributed by atoms with E-state index < -0.39 is 35.4 Å². The second-order valence-corrected chi connectivity index (χ2v) is 9.15. The molecule has 0 bridgehead atoms. The predicted molar refractivity (Wildman–Crippen MR) is 123 cm³/mol. The lowest BCUT2D eigenvalue weighted by atomic mass is 9.88. The Hall–Kier alpha value is -4.11. The molecule has 0 radical (unpaired) electrons. The summed E-state index contributed by atoms with van der Waals surface area (Å²) in [6, 6.07) is 2.40. The predicted octanol–water partition coefficient (Wildman–Crippen LogP) is 2.19. The van der Waals surface area contributed by atoms with Crippen molar-refractivity contribution in [3.63, 3.8) is 0 Å². The fourth-order valence-corrected chi connectivity index (χ4v) is 4.73. The number of primary amides is 1. The molecule has 2 unspecified atom stereocenters. The van der Waals surface area contributed by atoms with E-state index in [4.69, 9.17) is 11.5 Å². The minimum absolute atomic E-state index is 0.00575. The standard InChI is InChI=1S/C23H22F6N6O4/c1-11-2-3-12(21(19(31)37,23(27,28)29)39-20(38)22(24,25)26)8-14(11)15-9-32-17(30)18(33-15)34-6-7-35-13(10-34)4-5-16(35)36/h2-3,8-9,13H,4-7,10H2,1H3,(H2,30,32)(H2,31,37). The number of nitrogen functional groups attached to an aromatic ring is 1. The molecule has 3 heterocycles. The molecule has 10 nitrogen and oxygen atoms in total. The van der Waals surface area contributed by atoms with Gasteiger partial charge in [0.25, 0.3) is 5.91 Å². The van der Waals surface area contributed by atoms with Crippen LogP contribution in [0, 0.1) is 6.92 Å². The van der Waals surface area contributed by atoms with E-state index >= 15 is 0 Å². The molecule has 1 aromatic heterocycles. The molecular weight excluding hydrogens is 538 g/mol. The minimum atomic E-state index is -5.86. The smallest absolute Gasteiger partial charge is 0.427 e. The van der Waals surface area contributed by atoms with Crippen LogP contribution in [0.4, 0.5) is 38.0 Å². The van der Waals surface area contributed by atoms with Gasteiger partial charge in [0.15, 0.2) is 11.6 Å². The highest BCUT2D eigenvalue weighted by Gasteiger charge is 2.66. The maximum atomic E-state index is 14.2. The quantitative estimate of drug-likeness (QED) is 0.418. The van der Waals surface area contributed by atoms with Crippen LogP contribution in [-0.4, -0.2) is 70.7 Å². The average molecular weight is 560 g/mol. The van der Waals surface area contributed by atoms with Crippen molar-refractivity contribution in [3.05, 3.63) is 35.5 Å². The lowest BCUT2D eigenvalue weighted by Crippen LogP contribution is -2.57. The van der Waals surface area contributed by atoms with Crippen molar-refractivity contribution >= 4 is 29.4 Å². The summed E-state index contributed by atoms with van der Waals surface area (Å²) in [4.78, 5) is 47.6. The molecule has 39 heavy (non-hydrogen) atoms. The number of piperazine rings is 1. The second-order valence-electron chi connectivity index (χ2n) is 9.15. The Morgan fingerprint density at radius 2 is 1.82 bits per heavy atom. The van der Waals surface area contributed by atoms with Gasteiger partial charge in [0, 0.05) is 43.2 Å². The van der Waals surface area contributed by atoms with E-state index in [1.54, 1.807) is 9.80 Å². The second kappa shape index (κ2) is 9.57. The fraction of sp³-hybridized carbons (Fsp3) is 0.435. The Labute approximate surface area is 216 Å². The van der Waals surface area contributed by atoms with Crippen LogP contribution in [0.5, 0.6) is 0 Å². The molecule has 0 saturated carbocycles. The van der Waals surface area contributed by atoms with Gasteiger partial charge in [-0.3, -0.25) is 9.59 Å². The molecule has 0 aliphatic carbocycles. The number of carbonyl (C=O) groups excluding carboxylic acids is 3. The number of hydrogen-bond acceptors (Lipinski definition) is 8. The summed E-state index contributed by atoms with van der Waals surface area (Å²) in [6.45, 7) is 2.62. The number of alkyl halides is 6. The number of anilines is 2. The van der Waals surface area contributed by atoms with Crippen LogP contribution in [-0.2, 0) is 24.7 Å². The van der Waals surface area contributed by atoms with Crippen molar-refractivity contribution in [1.29, 1.82) is 0 Å². The lowest BCUT2D eigenvalue weighted by Gasteiger charge is -2.38. The number of fused-ring (bicyclic) bond motifs is 1. The summed E-state index contributed by atoms with van der Waals surface area (Å²) >= 11 is 0. The third kappa shape index (κ3) is 4.90. The van der Waals surface area contributed by atoms with Crippen molar-refractivity contribution < 1.29 is 45.5 Å². The fourth-order valence-electron chi connectivity index (χ4n) is 4.73. The molecule has 0 spiro atoms. The van der Waals surface area contributed by atoms with Crippen LogP contribution in [0.25, 0.3) is 11.3 Å². The molecule has 2 saturated heterocycles. The topological polar surface area (TPSA) is 145 Å². The van der Waals surface area contributed by atoms with E-state index in [1.807, 2.05) is 0 Å². The van der Waals surface area contributed by atoms with Crippen molar-refractivity contribution in [3.8, 4) is 11.3 Å². The zero-order valence-corrected chi connectivity index (χ0v) is 20.3. The lowest BCUT2D eigenvalue weighted by molar-refractivity contribution is -0.280. The monoisotopic (exact) mass is 560 g/mol. The number of ether oxygens (including phenoxy) is 1. The normalized spacial score (nSPS) is 19.5. The summed E-state index contributed by atoms with van der Waals surface area (Å²) in [6.07, 6.45) is -9.52. The Morgan fingerprint density at radius 1 is 1.13 bits per heavy atom. The Bertz CT molecular complexity index is 1330. The number of benzene rings is 1. The van der Waals surface area contributed by atoms with Crippen molar-refractivity contribution in [2.75, 3.05) is 30.3 Å². The Morgan fingerprint density at radius 3 is 2.44 bits per heavy atom. The molecule has 1 aromatic carbocycles. The zero-order chi connectivity index (χ0) is 28.9. The molecule has 4 N–H and O–H groups in total. The largest absolute Gasteiger partial charge is 0.490 e. The number of rotatable bonds is 5. The summed E-state index contributed by atoms with van der Waals surface area (Å²) in [5, 5.41) is 0. The Balaban J connectivity index is 1.78. The number of nitrogens with two attached hydrogens (primary N) is 2. The number of nitrogens with zero attached hydrogens (tertiary/aromatic N) is 4. The van der Waals surface area contributed by atoms with E-state index in [9.17, 15) is 40.7 Å². The van der Waals surface area contributed by atoms with Gasteiger partial charge in [-0.1, -0.05) is 12.1 Å². The molecular formula is C23H22F6N6O4. The van der Waals surface area contributed by atoms with E-state index in [0.717, 1.165) is 18.3 Å². The van der Waals surface area contributed by atoms with Gasteiger partial charge in [0.2, 0.25) is 5.91 Å². The van der Waals surface area contributed by atoms with E-state index in [-0.39, 0.29) is 34.8 Å². The molecule has 2 fully saturated rings. The molecule has 2 atom stereocenters. The summed E-state index contributed by atoms with van der Waals surface area (Å²) in [7, 11) is 0. The van der Waals surface area contributed by atoms with Crippen LogP contribution in [0.1, 0.15) is 24.0 Å². The van der Waals surface area contributed by atoms with Crippen molar-refractivity contribution in [2.45, 2.75) is 43.8 Å². The maximum absolute atomic E-state index is 14.2. The van der Waals surface area contributed by atoms with Gasteiger partial charge in [-0.15, -0.1) is 0 Å². The first-order valence-electron chi connectivity index (χ1n) is 11.5. The third-order valence-corrected chi connectivity index (χ3v) is 6.72. The molecule has 2 aromatic rings. The van der Waals surface area contributed by atoms with Gasteiger partial charge >= 0.3 is 23.9 Å². The van der Waals surface area contributed by atoms with Crippen LogP contribution >= 0.6 is 0 Å². The molecule has 2 amide bonds. The van der Waals surface area contributed by atoms with Gasteiger partial charge in [0.05, 0.1) is 11.9 Å². The van der Waals surface area contributed by atoms with Crippen LogP contribution < -0.4 is 16.4 Å². The van der Waals surface area contributed by atoms with Crippen molar-refractivity contribution in [2.24, 2.45) is 5.73 Å². The van der Waals surface area contributed by atoms with Crippen molar-refractivity contribution in [1.82, 2.24) is 14.9 Å². The SMILES string of the molecule is Cc1ccc(C(OC(=O)C(F)(F)F)(C(N)=O)C(F)(F)F)cc1-c1cnc(N)c(N2CCN3C(=O)CCC3C2)n1. The number of aromatic nitrogens is 2. The number of halogens is 6. The first kappa shape index (κ1) is 27.9. The molecule has 16 heteroatoms. The maximum Gasteiger partial charge on any atom is 0.490 e. The molecule has 210 valence electrons. The molecule has 4 rings (SSSR count). The molecule has 2 aliphatic rings. The summed E-state index contributed by atoms with van der Waals surface area (Å²) < 4.78 is 84.9. The number of esters is 1. The van der Waals surface area contributed by atoms with Crippen LogP contribution in [0.3, 0.4) is 0 Å². The zero-order valence-electron chi connectivity index (χ0n) is 20.3. The van der Waals surface area contributed by atoms with Gasteiger partial charge in [-0.05, 0) is 25.0 Å². The summed E-state index contributed by atoms with van der Waals surface area (Å²) in [5.74, 6) is -5.40. The minimum Gasteiger partial charge on any atom is -0.427 e. The average Bonchev–Trinajstić information content (AvgIpc) is 3.21. The number of carbonyl (C=O) groups is 3. The van der Waals surface area contributed by atoms with Gasteiger partial charge in [0.1, 0.15) is 0 Å². The molecule has 2 aliphatic heterocycles. The highest BCUT2D eigenvalue weighted by molar-refractivity contribution is 5.90. The van der Waals surface area contributed by atoms with Crippen LogP contribution in [0.15, 0.2) is 24.4 Å². The number of hydrogen-bond donors (Lipinski definition) is 2. The first-order chi connectivity index (χ1) is 18.1. The number of aryl methyl sites for hydroxylation is 1. The van der Waals surface area contributed by atoms with Gasteiger partial charge < -0.3 is 26.0 Å². The van der Waals surface area contributed by atoms with E-state index in [2.05, 4.69) is 14.7 Å². The van der Waals surface area contributed by atoms with Gasteiger partial charge in [-0.2, -0.15) is 26.3 Å². The third-order valence-electron chi connectivity index (χ3n) is 6.72. The van der Waals surface area contributed by atoms with E-state index in [0.29, 0.717) is 44.1 Å². The van der Waals surface area contributed by atoms with Gasteiger partial charge in [-0.25, -0.2) is 14.8 Å². The summed E-state index contributed by atoms with van der Waals surface area (Å²) in [5.41, 5.74) is 5.55. The Kier molecular flexibility index (Phi) is 6.85. The van der Waals surface area contributed by atoms with Crippen LogP contribution in [0.2, 0.25) is 0 Å². The first-order valence-corrected chi connectivity index (χ1v) is 11.5. The highest BCUT2D eigenvalue weighted by Crippen LogP contribution is 2.45. The highest BCUT2D eigenvalue weighted by atomic mass is 19.4. The van der Waals surface area contributed by atoms with E-state index in [1.165, 1.54) is 6.92 Å².